The quantitative estimate of drug-likeness (QED) is 0.297. The summed E-state index contributed by atoms with van der Waals surface area (Å²) in [5.41, 5.74) is 3.02. The third-order valence-electron chi connectivity index (χ3n) is 12.0. The zero-order valence-electron chi connectivity index (χ0n) is 31.3. The van der Waals surface area contributed by atoms with Gasteiger partial charge in [0.1, 0.15) is 17.9 Å². The minimum absolute atomic E-state index is 0.00391. The molecule has 3 saturated heterocycles. The molecule has 56 heavy (non-hydrogen) atoms. The van der Waals surface area contributed by atoms with Crippen LogP contribution in [0.4, 0.5) is 17.3 Å². The number of carbonyl (C=O) groups excluding carboxylic acids is 4. The second-order valence-corrected chi connectivity index (χ2v) is 16.0. The predicted molar refractivity (Wildman–Crippen MR) is 209 cm³/mol. The number of carbonyl (C=O) groups is 4. The van der Waals surface area contributed by atoms with E-state index in [9.17, 15) is 19.2 Å². The average molecular weight is 780 g/mol. The Labute approximate surface area is 331 Å². The fourth-order valence-corrected chi connectivity index (χ4v) is 8.93. The molecule has 14 nitrogen and oxygen atoms in total. The van der Waals surface area contributed by atoms with E-state index in [1.54, 1.807) is 23.1 Å². The van der Waals surface area contributed by atoms with Crippen LogP contribution in [0.25, 0.3) is 0 Å². The minimum Gasteiger partial charge on any atom is -0.490 e. The van der Waals surface area contributed by atoms with E-state index in [2.05, 4.69) is 47.7 Å². The molecule has 0 spiro atoms. The SMILES string of the molecule is N#Cc1ccc(OC2CCC(C(=O)Nc3ccc(N4CCC(CN5CCN(c6ccc7c(c6)C(=O)N(C6CCC(=O)NC6=O)C7)CC5)CC4)nn3)CC2)cc1Cl. The van der Waals surface area contributed by atoms with Crippen molar-refractivity contribution in [1.82, 2.24) is 25.3 Å². The highest BCUT2D eigenvalue weighted by Crippen LogP contribution is 2.33. The molecule has 0 radical (unpaired) electrons. The number of halogens is 1. The molecule has 1 saturated carbocycles. The second-order valence-electron chi connectivity index (χ2n) is 15.6. The number of aromatic nitrogens is 2. The number of ether oxygens (including phenoxy) is 1. The fraction of sp³-hybridized carbons (Fsp3) is 0.488. The van der Waals surface area contributed by atoms with Gasteiger partial charge in [-0.1, -0.05) is 17.7 Å². The number of hydrogen-bond donors (Lipinski definition) is 2. The van der Waals surface area contributed by atoms with Gasteiger partial charge in [-0.3, -0.25) is 29.4 Å². The minimum atomic E-state index is -0.604. The molecule has 15 heteroatoms. The number of piperidine rings is 2. The Hall–Kier alpha value is -5.26. The number of piperazine rings is 1. The first-order chi connectivity index (χ1) is 27.2. The lowest BCUT2D eigenvalue weighted by Crippen LogP contribution is -2.52. The summed E-state index contributed by atoms with van der Waals surface area (Å²) < 4.78 is 6.07. The third kappa shape index (κ3) is 8.29. The summed E-state index contributed by atoms with van der Waals surface area (Å²) in [5.74, 6) is 1.54. The van der Waals surface area contributed by atoms with Crippen LogP contribution in [0.5, 0.6) is 5.75 Å². The predicted octanol–water partition coefficient (Wildman–Crippen LogP) is 4.38. The lowest BCUT2D eigenvalue weighted by atomic mass is 9.86. The van der Waals surface area contributed by atoms with Gasteiger partial charge in [-0.05, 0) is 92.8 Å². The second kappa shape index (κ2) is 16.5. The van der Waals surface area contributed by atoms with Crippen molar-refractivity contribution in [2.24, 2.45) is 11.8 Å². The Morgan fingerprint density at radius 1 is 0.893 bits per heavy atom. The first-order valence-electron chi connectivity index (χ1n) is 19.7. The van der Waals surface area contributed by atoms with E-state index in [1.165, 1.54) is 0 Å². The van der Waals surface area contributed by atoms with Crippen LogP contribution in [0.3, 0.4) is 0 Å². The van der Waals surface area contributed by atoms with Gasteiger partial charge >= 0.3 is 0 Å². The zero-order chi connectivity index (χ0) is 38.8. The number of fused-ring (bicyclic) bond motifs is 1. The molecule has 1 aliphatic carbocycles. The molecule has 4 amide bonds. The lowest BCUT2D eigenvalue weighted by molar-refractivity contribution is -0.137. The van der Waals surface area contributed by atoms with Crippen molar-refractivity contribution < 1.29 is 23.9 Å². The van der Waals surface area contributed by atoms with Crippen LogP contribution < -0.4 is 25.2 Å². The van der Waals surface area contributed by atoms with Crippen molar-refractivity contribution in [3.8, 4) is 11.8 Å². The topological polar surface area (TPSA) is 164 Å². The lowest BCUT2D eigenvalue weighted by Gasteiger charge is -2.39. The largest absolute Gasteiger partial charge is 0.490 e. The Balaban J connectivity index is 0.743. The van der Waals surface area contributed by atoms with Crippen molar-refractivity contribution in [2.75, 3.05) is 60.9 Å². The number of benzene rings is 2. The molecule has 4 aliphatic heterocycles. The molecule has 0 bridgehead atoms. The molecule has 1 atom stereocenters. The first-order valence-corrected chi connectivity index (χ1v) is 20.1. The average Bonchev–Trinajstić information content (AvgIpc) is 3.54. The van der Waals surface area contributed by atoms with Crippen LogP contribution in [-0.4, -0.2) is 102 Å². The zero-order valence-corrected chi connectivity index (χ0v) is 32.0. The van der Waals surface area contributed by atoms with Crippen molar-refractivity contribution in [3.05, 3.63) is 70.2 Å². The maximum absolute atomic E-state index is 13.3. The summed E-state index contributed by atoms with van der Waals surface area (Å²) in [6.07, 6.45) is 5.67. The number of nitrogens with one attached hydrogen (secondary N) is 2. The van der Waals surface area contributed by atoms with Crippen LogP contribution in [0.2, 0.25) is 5.02 Å². The number of imide groups is 1. The molecule has 2 aromatic carbocycles. The van der Waals surface area contributed by atoms with E-state index in [0.29, 0.717) is 59.4 Å². The van der Waals surface area contributed by atoms with Crippen LogP contribution in [0.15, 0.2) is 48.5 Å². The summed E-state index contributed by atoms with van der Waals surface area (Å²) in [6, 6.07) is 16.4. The molecule has 5 heterocycles. The summed E-state index contributed by atoms with van der Waals surface area (Å²) in [4.78, 5) is 59.1. The molecular weight excluding hydrogens is 734 g/mol. The van der Waals surface area contributed by atoms with Crippen molar-refractivity contribution >= 4 is 52.6 Å². The van der Waals surface area contributed by atoms with Crippen molar-refractivity contribution in [3.63, 3.8) is 0 Å². The van der Waals surface area contributed by atoms with Crippen molar-refractivity contribution in [1.29, 1.82) is 5.26 Å². The summed E-state index contributed by atoms with van der Waals surface area (Å²) in [7, 11) is 0. The van der Waals surface area contributed by atoms with Gasteiger partial charge in [0.2, 0.25) is 17.7 Å². The Morgan fingerprint density at radius 3 is 2.38 bits per heavy atom. The van der Waals surface area contributed by atoms with E-state index >= 15 is 0 Å². The molecule has 3 aromatic rings. The van der Waals surface area contributed by atoms with E-state index in [0.717, 1.165) is 88.6 Å². The maximum Gasteiger partial charge on any atom is 0.255 e. The number of amides is 4. The molecule has 2 N–H and O–H groups in total. The van der Waals surface area contributed by atoms with E-state index in [-0.39, 0.29) is 42.1 Å². The number of nitrogens with zero attached hydrogens (tertiary/aromatic N) is 7. The highest BCUT2D eigenvalue weighted by molar-refractivity contribution is 6.31. The standard InChI is InChI=1S/C41H46ClN9O5/c42-34-22-32(8-4-28(34)23-43)56-31-6-2-27(3-7-31)39(53)44-36-10-11-37(47-46-36)50-15-13-26(14-16-50)24-48-17-19-49(20-18-48)30-5-1-29-25-51(41(55)33(29)21-30)35-9-12-38(52)45-40(35)54/h1,4-5,8,10-11,21-22,26-27,31,35H,2-3,6-7,9,12-20,24-25H2,(H,44,46,53)(H,45,52,54). The van der Waals surface area contributed by atoms with Gasteiger partial charge in [-0.15, -0.1) is 10.2 Å². The molecule has 292 valence electrons. The smallest absolute Gasteiger partial charge is 0.255 e. The molecule has 1 unspecified atom stereocenters. The Morgan fingerprint density at radius 2 is 1.68 bits per heavy atom. The van der Waals surface area contributed by atoms with Crippen molar-refractivity contribution in [2.45, 2.75) is 70.1 Å². The molecule has 4 fully saturated rings. The van der Waals surface area contributed by atoms with E-state index in [4.69, 9.17) is 21.6 Å². The number of anilines is 3. The van der Waals surface area contributed by atoms with Gasteiger partial charge in [0.15, 0.2) is 11.6 Å². The van der Waals surface area contributed by atoms with Crippen LogP contribution in [0.1, 0.15) is 72.9 Å². The van der Waals surface area contributed by atoms with Gasteiger partial charge < -0.3 is 24.8 Å². The maximum atomic E-state index is 13.3. The Kier molecular flexibility index (Phi) is 11.1. The molecule has 5 aliphatic rings. The van der Waals surface area contributed by atoms with E-state index in [1.807, 2.05) is 24.3 Å². The number of rotatable bonds is 9. The normalized spacial score (nSPS) is 23.4. The molecule has 1 aromatic heterocycles. The van der Waals surface area contributed by atoms with Crippen LogP contribution in [0, 0.1) is 23.2 Å². The molecular formula is C41H46ClN9O5. The van der Waals surface area contributed by atoms with Gasteiger partial charge in [-0.2, -0.15) is 5.26 Å². The van der Waals surface area contributed by atoms with Gasteiger partial charge in [0.25, 0.3) is 5.91 Å². The number of nitriles is 1. The molecule has 8 rings (SSSR count). The van der Waals surface area contributed by atoms with Gasteiger partial charge in [0, 0.05) is 82.0 Å². The van der Waals surface area contributed by atoms with Crippen LogP contribution in [-0.2, 0) is 20.9 Å². The van der Waals surface area contributed by atoms with Crippen LogP contribution >= 0.6 is 11.6 Å². The fourth-order valence-electron chi connectivity index (χ4n) is 8.72. The Bertz CT molecular complexity index is 2020. The highest BCUT2D eigenvalue weighted by Gasteiger charge is 2.39. The van der Waals surface area contributed by atoms with Gasteiger partial charge in [0.05, 0.1) is 16.7 Å². The summed E-state index contributed by atoms with van der Waals surface area (Å²) >= 11 is 6.14. The first kappa shape index (κ1) is 37.7. The summed E-state index contributed by atoms with van der Waals surface area (Å²) in [5, 5.41) is 23.6. The van der Waals surface area contributed by atoms with E-state index < -0.39 is 6.04 Å². The third-order valence-corrected chi connectivity index (χ3v) is 12.3. The summed E-state index contributed by atoms with van der Waals surface area (Å²) in [6.45, 7) is 6.93. The van der Waals surface area contributed by atoms with Gasteiger partial charge in [-0.25, -0.2) is 0 Å². The monoisotopic (exact) mass is 779 g/mol. The number of hydrogen-bond acceptors (Lipinski definition) is 11. The highest BCUT2D eigenvalue weighted by atomic mass is 35.5.